The number of hydrogen-bond donors (Lipinski definition) is 1. The summed E-state index contributed by atoms with van der Waals surface area (Å²) in [7, 11) is 3.05. The van der Waals surface area contributed by atoms with Crippen molar-refractivity contribution in [2.75, 3.05) is 44.1 Å². The summed E-state index contributed by atoms with van der Waals surface area (Å²) in [6.07, 6.45) is 4.29. The molecule has 1 saturated heterocycles. The summed E-state index contributed by atoms with van der Waals surface area (Å²) < 4.78 is 10.2. The summed E-state index contributed by atoms with van der Waals surface area (Å²) in [5, 5.41) is 5.61. The number of fused-ring (bicyclic) bond motifs is 2. The number of carbonyl (C=O) groups is 1. The summed E-state index contributed by atoms with van der Waals surface area (Å²) in [5.74, 6) is 0.930. The van der Waals surface area contributed by atoms with Gasteiger partial charge in [0.15, 0.2) is 10.2 Å². The molecule has 2 aromatic rings. The standard InChI is InChI=1S/C20H23ClN4O3S/c1-4-16(23-18-22-10-17(27-2)29-18)25-12-20(7-8-24(11-20)19(26)28-3)14-9-13(21)5-6-15(14)25/h4-6,9-10H,7-8,11-12H2,1-3H3,(H,22,23). The number of ether oxygens (including phenoxy) is 2. The Balaban J connectivity index is 1.66. The number of amides is 1. The van der Waals surface area contributed by atoms with Gasteiger partial charge in [-0.1, -0.05) is 22.9 Å². The number of carbonyl (C=O) groups excluding carboxylic acids is 1. The van der Waals surface area contributed by atoms with E-state index in [9.17, 15) is 4.79 Å². The van der Waals surface area contributed by atoms with Crippen LogP contribution in [0.5, 0.6) is 5.06 Å². The lowest BCUT2D eigenvalue weighted by Gasteiger charge is -2.27. The highest BCUT2D eigenvalue weighted by atomic mass is 35.5. The van der Waals surface area contributed by atoms with Gasteiger partial charge in [0, 0.05) is 35.8 Å². The maximum absolute atomic E-state index is 12.1. The zero-order valence-corrected chi connectivity index (χ0v) is 18.1. The highest BCUT2D eigenvalue weighted by Gasteiger charge is 2.49. The van der Waals surface area contributed by atoms with Crippen LogP contribution in [0.15, 0.2) is 36.3 Å². The monoisotopic (exact) mass is 434 g/mol. The molecule has 9 heteroatoms. The first kappa shape index (κ1) is 19.8. The van der Waals surface area contributed by atoms with Crippen LogP contribution in [0.1, 0.15) is 18.9 Å². The largest absolute Gasteiger partial charge is 0.486 e. The number of aromatic nitrogens is 1. The Morgan fingerprint density at radius 1 is 1.38 bits per heavy atom. The molecule has 0 saturated carbocycles. The van der Waals surface area contributed by atoms with Crippen molar-refractivity contribution in [3.8, 4) is 5.06 Å². The van der Waals surface area contributed by atoms with Gasteiger partial charge in [0.2, 0.25) is 0 Å². The second kappa shape index (κ2) is 7.76. The number of hydrogen-bond acceptors (Lipinski definition) is 7. The van der Waals surface area contributed by atoms with Crippen LogP contribution < -0.4 is 15.0 Å². The number of likely N-dealkylation sites (tertiary alicyclic amines) is 1. The molecule has 2 aliphatic rings. The summed E-state index contributed by atoms with van der Waals surface area (Å²) >= 11 is 7.79. The van der Waals surface area contributed by atoms with E-state index in [4.69, 9.17) is 21.1 Å². The molecule has 1 amide bonds. The molecule has 154 valence electrons. The number of allylic oxidation sites excluding steroid dienone is 1. The molecule has 0 bridgehead atoms. The highest BCUT2D eigenvalue weighted by molar-refractivity contribution is 7.17. The van der Waals surface area contributed by atoms with Gasteiger partial charge in [-0.2, -0.15) is 0 Å². The van der Waals surface area contributed by atoms with Crippen LogP contribution in [0.3, 0.4) is 0 Å². The number of anilines is 2. The van der Waals surface area contributed by atoms with Crippen molar-refractivity contribution in [3.63, 3.8) is 0 Å². The Morgan fingerprint density at radius 3 is 2.90 bits per heavy atom. The molecular formula is C20H23ClN4O3S. The van der Waals surface area contributed by atoms with E-state index in [1.165, 1.54) is 18.4 Å². The van der Waals surface area contributed by atoms with Gasteiger partial charge < -0.3 is 24.6 Å². The van der Waals surface area contributed by atoms with Gasteiger partial charge in [0.25, 0.3) is 0 Å². The fourth-order valence-corrected chi connectivity index (χ4v) is 4.99. The number of halogens is 1. The predicted octanol–water partition coefficient (Wildman–Crippen LogP) is 4.31. The van der Waals surface area contributed by atoms with E-state index in [0.29, 0.717) is 18.1 Å². The smallest absolute Gasteiger partial charge is 0.409 e. The third kappa shape index (κ3) is 3.51. The van der Waals surface area contributed by atoms with Crippen molar-refractivity contribution in [1.82, 2.24) is 9.88 Å². The van der Waals surface area contributed by atoms with Crippen molar-refractivity contribution in [2.45, 2.75) is 18.8 Å². The molecule has 29 heavy (non-hydrogen) atoms. The lowest BCUT2D eigenvalue weighted by Crippen LogP contribution is -2.38. The van der Waals surface area contributed by atoms with Crippen LogP contribution in [-0.2, 0) is 10.2 Å². The van der Waals surface area contributed by atoms with E-state index in [0.717, 1.165) is 40.2 Å². The highest BCUT2D eigenvalue weighted by Crippen LogP contribution is 2.48. The minimum Gasteiger partial charge on any atom is -0.486 e. The van der Waals surface area contributed by atoms with Gasteiger partial charge in [-0.25, -0.2) is 9.78 Å². The van der Waals surface area contributed by atoms with E-state index < -0.39 is 0 Å². The van der Waals surface area contributed by atoms with E-state index >= 15 is 0 Å². The molecule has 1 fully saturated rings. The molecule has 0 radical (unpaired) electrons. The number of thiazole rings is 1. The van der Waals surface area contributed by atoms with Gasteiger partial charge >= 0.3 is 6.09 Å². The van der Waals surface area contributed by atoms with Crippen LogP contribution in [0.25, 0.3) is 0 Å². The molecule has 4 rings (SSSR count). The van der Waals surface area contributed by atoms with Crippen molar-refractivity contribution < 1.29 is 14.3 Å². The van der Waals surface area contributed by atoms with Crippen LogP contribution in [0.4, 0.5) is 15.6 Å². The molecule has 7 nitrogen and oxygen atoms in total. The van der Waals surface area contributed by atoms with E-state index in [-0.39, 0.29) is 11.5 Å². The van der Waals surface area contributed by atoms with Gasteiger partial charge in [-0.05, 0) is 43.2 Å². The molecule has 1 N–H and O–H groups in total. The SMILES string of the molecule is CC=C(Nc1ncc(OC)s1)N1CC2(CCN(C(=O)OC)C2)c2cc(Cl)ccc21. The molecule has 0 aliphatic carbocycles. The number of methoxy groups -OCH3 is 2. The summed E-state index contributed by atoms with van der Waals surface area (Å²) in [6.45, 7) is 3.99. The molecule has 1 atom stereocenters. The first-order valence-corrected chi connectivity index (χ1v) is 10.5. The Hall–Kier alpha value is -2.45. The second-order valence-electron chi connectivity index (χ2n) is 7.16. The minimum atomic E-state index is -0.289. The average molecular weight is 435 g/mol. The van der Waals surface area contributed by atoms with Crippen molar-refractivity contribution >= 4 is 39.8 Å². The quantitative estimate of drug-likeness (QED) is 0.773. The van der Waals surface area contributed by atoms with E-state index in [1.807, 2.05) is 31.2 Å². The Kier molecular flexibility index (Phi) is 5.31. The normalized spacial score (nSPS) is 20.9. The summed E-state index contributed by atoms with van der Waals surface area (Å²) in [6, 6.07) is 5.97. The first-order valence-electron chi connectivity index (χ1n) is 9.33. The van der Waals surface area contributed by atoms with E-state index in [2.05, 4.69) is 15.2 Å². The fraction of sp³-hybridized carbons (Fsp3) is 0.400. The van der Waals surface area contributed by atoms with Crippen molar-refractivity contribution in [1.29, 1.82) is 0 Å². The van der Waals surface area contributed by atoms with Gasteiger partial charge in [0.05, 0.1) is 20.4 Å². The second-order valence-corrected chi connectivity index (χ2v) is 8.59. The van der Waals surface area contributed by atoms with Crippen LogP contribution >= 0.6 is 22.9 Å². The summed E-state index contributed by atoms with van der Waals surface area (Å²) in [5.41, 5.74) is 2.06. The Labute approximate surface area is 178 Å². The third-order valence-corrected chi connectivity index (χ3v) is 6.66. The molecule has 1 spiro atoms. The minimum absolute atomic E-state index is 0.190. The predicted molar refractivity (Wildman–Crippen MR) is 115 cm³/mol. The first-order chi connectivity index (χ1) is 14.0. The zero-order valence-electron chi connectivity index (χ0n) is 16.6. The summed E-state index contributed by atoms with van der Waals surface area (Å²) in [4.78, 5) is 20.5. The van der Waals surface area contributed by atoms with Gasteiger partial charge in [-0.15, -0.1) is 0 Å². The average Bonchev–Trinajstić information content (AvgIpc) is 3.44. The molecule has 1 aromatic heterocycles. The lowest BCUT2D eigenvalue weighted by atomic mass is 9.81. The number of nitrogens with zero attached hydrogens (tertiary/aromatic N) is 3. The van der Waals surface area contributed by atoms with Gasteiger partial charge in [0.1, 0.15) is 5.82 Å². The Bertz CT molecular complexity index is 963. The molecule has 2 aliphatic heterocycles. The lowest BCUT2D eigenvalue weighted by molar-refractivity contribution is 0.131. The van der Waals surface area contributed by atoms with Crippen LogP contribution in [0.2, 0.25) is 5.02 Å². The topological polar surface area (TPSA) is 66.9 Å². The third-order valence-electron chi connectivity index (χ3n) is 5.55. The maximum atomic E-state index is 12.1. The fourth-order valence-electron chi connectivity index (χ4n) is 4.18. The molecule has 3 heterocycles. The molecule has 1 unspecified atom stereocenters. The molecule has 1 aromatic carbocycles. The van der Waals surface area contributed by atoms with Gasteiger partial charge in [-0.3, -0.25) is 0 Å². The van der Waals surface area contributed by atoms with Crippen LogP contribution in [0, 0.1) is 0 Å². The van der Waals surface area contributed by atoms with E-state index in [1.54, 1.807) is 18.2 Å². The van der Waals surface area contributed by atoms with Crippen molar-refractivity contribution in [2.24, 2.45) is 0 Å². The maximum Gasteiger partial charge on any atom is 0.409 e. The zero-order chi connectivity index (χ0) is 20.6. The van der Waals surface area contributed by atoms with Crippen molar-refractivity contribution in [3.05, 3.63) is 46.9 Å². The number of nitrogens with one attached hydrogen (secondary N) is 1. The number of rotatable bonds is 4. The molecular weight excluding hydrogens is 412 g/mol. The number of benzene rings is 1. The Morgan fingerprint density at radius 2 is 2.21 bits per heavy atom. The van der Waals surface area contributed by atoms with Crippen LogP contribution in [-0.4, -0.2) is 49.8 Å².